The summed E-state index contributed by atoms with van der Waals surface area (Å²) in [5.74, 6) is 0.0710. The topological polar surface area (TPSA) is 23.6 Å². The highest BCUT2D eigenvalue weighted by molar-refractivity contribution is 5.74. The quantitative estimate of drug-likeness (QED) is 0.679. The van der Waals surface area contributed by atoms with Crippen LogP contribution in [0.4, 0.5) is 0 Å². The van der Waals surface area contributed by atoms with Gasteiger partial charge in [-0.2, -0.15) is 0 Å². The largest absolute Gasteiger partial charge is 0.335 e. The number of carbonyl (C=O) groups is 1. The summed E-state index contributed by atoms with van der Waals surface area (Å²) in [6.07, 6.45) is 0. The predicted molar refractivity (Wildman–Crippen MR) is 85.8 cm³/mol. The van der Waals surface area contributed by atoms with E-state index in [1.165, 1.54) is 0 Å². The minimum Gasteiger partial charge on any atom is -0.335 e. The molecule has 0 radical (unpaired) electrons. The van der Waals surface area contributed by atoms with Crippen molar-refractivity contribution in [3.8, 4) is 0 Å². The molecule has 1 rings (SSSR count). The number of nitrogens with zero attached hydrogens (tertiary/aromatic N) is 2. The summed E-state index contributed by atoms with van der Waals surface area (Å²) in [4.78, 5) is 16.7. The van der Waals surface area contributed by atoms with Crippen molar-refractivity contribution in [2.24, 2.45) is 5.41 Å². The van der Waals surface area contributed by atoms with E-state index in [1.807, 2.05) is 4.90 Å². The molecular weight excluding hydrogens is 248 g/mol. The highest BCUT2D eigenvalue weighted by atomic mass is 16.2. The minimum atomic E-state index is -0.500. The maximum Gasteiger partial charge on any atom is 0.219 e. The van der Waals surface area contributed by atoms with Gasteiger partial charge in [-0.05, 0) is 53.9 Å². The second-order valence-corrected chi connectivity index (χ2v) is 8.86. The molecule has 1 saturated heterocycles. The molecule has 20 heavy (non-hydrogen) atoms. The maximum atomic E-state index is 12.3. The van der Waals surface area contributed by atoms with Crippen molar-refractivity contribution in [3.63, 3.8) is 0 Å². The van der Waals surface area contributed by atoms with Crippen molar-refractivity contribution < 1.29 is 6.17 Å². The van der Waals surface area contributed by atoms with E-state index >= 15 is 0 Å². The lowest BCUT2D eigenvalue weighted by Gasteiger charge is -2.56. The van der Waals surface area contributed by atoms with Gasteiger partial charge in [0, 0.05) is 32.5 Å². The summed E-state index contributed by atoms with van der Waals surface area (Å²) in [5.41, 5.74) is -0.778. The Labute approximate surface area is 127 Å². The van der Waals surface area contributed by atoms with Gasteiger partial charge in [-0.15, -0.1) is 0 Å². The second kappa shape index (κ2) is 4.72. The Balaban J connectivity index is 3.53. The molecule has 0 spiro atoms. The van der Waals surface area contributed by atoms with Crippen LogP contribution in [0, 0.1) is 5.41 Å². The molecule has 3 heteroatoms. The fraction of sp³-hybridized carbons (Fsp3) is 0.941. The average molecular weight is 283 g/mol. The van der Waals surface area contributed by atoms with Crippen molar-refractivity contribution >= 4 is 5.91 Å². The Morgan fingerprint density at radius 2 is 1.55 bits per heavy atom. The molecule has 3 nitrogen and oxygen atoms in total. The maximum absolute atomic E-state index is 12.3. The van der Waals surface area contributed by atoms with E-state index in [-0.39, 0.29) is 29.3 Å². The summed E-state index contributed by atoms with van der Waals surface area (Å²) in [7, 11) is 0. The Kier molecular flexibility index (Phi) is 3.73. The summed E-state index contributed by atoms with van der Waals surface area (Å²) in [6.45, 7) is 21.0. The van der Waals surface area contributed by atoms with E-state index in [0.29, 0.717) is 6.54 Å². The normalized spacial score (nSPS) is 31.6. The number of rotatable bonds is 0. The Hall–Kier alpha value is -0.570. The molecule has 0 aromatic carbocycles. The smallest absolute Gasteiger partial charge is 0.219 e. The monoisotopic (exact) mass is 283 g/mol. The molecule has 0 N–H and O–H groups in total. The van der Waals surface area contributed by atoms with Crippen molar-refractivity contribution in [2.75, 3.05) is 13.1 Å². The van der Waals surface area contributed by atoms with E-state index in [4.69, 9.17) is 1.37 Å². The van der Waals surface area contributed by atoms with Crippen LogP contribution in [0.5, 0.6) is 0 Å². The van der Waals surface area contributed by atoms with Gasteiger partial charge in [-0.25, -0.2) is 0 Å². The molecule has 0 bridgehead atoms. The molecule has 1 heterocycles. The molecule has 0 aromatic rings. The van der Waals surface area contributed by atoms with Crippen LogP contribution in [0.1, 0.15) is 70.6 Å². The zero-order valence-corrected chi connectivity index (χ0v) is 14.9. The average Bonchev–Trinajstić information content (AvgIpc) is 2.35. The van der Waals surface area contributed by atoms with Gasteiger partial charge < -0.3 is 4.90 Å². The number of hydrogen-bond donors (Lipinski definition) is 0. The van der Waals surface area contributed by atoms with E-state index in [9.17, 15) is 4.79 Å². The van der Waals surface area contributed by atoms with Gasteiger partial charge in [0.15, 0.2) is 0 Å². The molecule has 0 aliphatic carbocycles. The van der Waals surface area contributed by atoms with E-state index in [2.05, 4.69) is 60.3 Å². The van der Waals surface area contributed by atoms with E-state index < -0.39 is 5.54 Å². The first kappa shape index (κ1) is 15.8. The third kappa shape index (κ3) is 2.88. The standard InChI is InChI=1S/C17H34N2O/c1-13(20)18-11-15(5,6)12-19(14(2,3)4)17(9,10)16(18,7)8/h11-12H2,1-10H3/i7D. The SMILES string of the molecule is [2H]CC1(C)N(C(C)=O)CC(C)(C)CN(C(C)(C)C)C1(C)C. The number of hydrogen-bond acceptors (Lipinski definition) is 2. The molecule has 1 aliphatic heterocycles. The van der Waals surface area contributed by atoms with Crippen LogP contribution in [0.15, 0.2) is 0 Å². The van der Waals surface area contributed by atoms with E-state index in [0.717, 1.165) is 6.54 Å². The highest BCUT2D eigenvalue weighted by Gasteiger charge is 2.53. The van der Waals surface area contributed by atoms with Gasteiger partial charge in [-0.3, -0.25) is 9.69 Å². The van der Waals surface area contributed by atoms with Crippen LogP contribution in [0.25, 0.3) is 0 Å². The van der Waals surface area contributed by atoms with Crippen LogP contribution in [-0.4, -0.2) is 45.4 Å². The molecule has 118 valence electrons. The van der Waals surface area contributed by atoms with Gasteiger partial charge in [0.05, 0.1) is 5.54 Å². The fourth-order valence-electron chi connectivity index (χ4n) is 3.43. The Morgan fingerprint density at radius 3 is 1.90 bits per heavy atom. The molecule has 1 unspecified atom stereocenters. The molecule has 1 fully saturated rings. The molecule has 0 saturated carbocycles. The van der Waals surface area contributed by atoms with Crippen LogP contribution < -0.4 is 0 Å². The first-order valence-corrected chi connectivity index (χ1v) is 7.54. The summed E-state index contributed by atoms with van der Waals surface area (Å²) >= 11 is 0. The van der Waals surface area contributed by atoms with Gasteiger partial charge >= 0.3 is 0 Å². The lowest BCUT2D eigenvalue weighted by atomic mass is 9.77. The van der Waals surface area contributed by atoms with Crippen molar-refractivity contribution in [1.82, 2.24) is 9.80 Å². The second-order valence-electron chi connectivity index (χ2n) is 8.86. The number of carbonyl (C=O) groups excluding carboxylic acids is 1. The number of amides is 1. The Morgan fingerprint density at radius 1 is 1.05 bits per heavy atom. The zero-order valence-electron chi connectivity index (χ0n) is 15.9. The fourth-order valence-corrected chi connectivity index (χ4v) is 3.43. The molecule has 1 atom stereocenters. The van der Waals surface area contributed by atoms with Crippen molar-refractivity contribution in [3.05, 3.63) is 0 Å². The molecule has 1 amide bonds. The van der Waals surface area contributed by atoms with Crippen LogP contribution in [-0.2, 0) is 4.79 Å². The summed E-state index contributed by atoms with van der Waals surface area (Å²) in [6, 6.07) is 0. The molecular formula is C17H34N2O. The van der Waals surface area contributed by atoms with Crippen LogP contribution in [0.3, 0.4) is 0 Å². The zero-order chi connectivity index (χ0) is 16.9. The first-order chi connectivity index (χ1) is 9.19. The molecule has 1 aliphatic rings. The minimum absolute atomic E-state index is 0.00312. The van der Waals surface area contributed by atoms with Crippen molar-refractivity contribution in [1.29, 1.82) is 0 Å². The van der Waals surface area contributed by atoms with Gasteiger partial charge in [0.25, 0.3) is 0 Å². The van der Waals surface area contributed by atoms with E-state index in [1.54, 1.807) is 6.92 Å². The highest BCUT2D eigenvalue weighted by Crippen LogP contribution is 2.43. The first-order valence-electron chi connectivity index (χ1n) is 8.25. The lowest BCUT2D eigenvalue weighted by molar-refractivity contribution is -0.140. The third-order valence-electron chi connectivity index (χ3n) is 4.95. The van der Waals surface area contributed by atoms with Crippen LogP contribution >= 0.6 is 0 Å². The third-order valence-corrected chi connectivity index (χ3v) is 4.95. The lowest BCUT2D eigenvalue weighted by Crippen LogP contribution is -2.67. The molecule has 0 aromatic heterocycles. The van der Waals surface area contributed by atoms with Gasteiger partial charge in [-0.1, -0.05) is 13.8 Å². The summed E-state index contributed by atoms with van der Waals surface area (Å²) < 4.78 is 8.17. The Bertz CT molecular complexity index is 412. The van der Waals surface area contributed by atoms with Crippen molar-refractivity contribution in [2.45, 2.75) is 85.8 Å². The summed E-state index contributed by atoms with van der Waals surface area (Å²) in [5, 5.41) is 0. The van der Waals surface area contributed by atoms with Gasteiger partial charge in [0.2, 0.25) is 5.91 Å². The predicted octanol–water partition coefficient (Wildman–Crippen LogP) is 3.53. The van der Waals surface area contributed by atoms with Crippen LogP contribution in [0.2, 0.25) is 0 Å². The van der Waals surface area contributed by atoms with Gasteiger partial charge in [0.1, 0.15) is 0 Å².